The fourth-order valence-electron chi connectivity index (χ4n) is 1.58. The molecule has 78 valence electrons. The average Bonchev–Trinajstić information content (AvgIpc) is 2.16. The third kappa shape index (κ3) is 2.34. The van der Waals surface area contributed by atoms with Crippen molar-refractivity contribution in [2.75, 3.05) is 0 Å². The van der Waals surface area contributed by atoms with E-state index in [0.717, 1.165) is 5.56 Å². The molecule has 0 bridgehead atoms. The van der Waals surface area contributed by atoms with Crippen molar-refractivity contribution in [3.05, 3.63) is 35.4 Å². The Hall–Kier alpha value is -0.860. The van der Waals surface area contributed by atoms with Gasteiger partial charge in [0.15, 0.2) is 0 Å². The van der Waals surface area contributed by atoms with Gasteiger partial charge in [-0.3, -0.25) is 0 Å². The number of hydrogen-bond acceptors (Lipinski definition) is 2. The van der Waals surface area contributed by atoms with Gasteiger partial charge in [0.05, 0.1) is 0 Å². The molecule has 2 heteroatoms. The van der Waals surface area contributed by atoms with Crippen LogP contribution in [-0.4, -0.2) is 6.04 Å². The minimum atomic E-state index is -0.0591. The van der Waals surface area contributed by atoms with Crippen molar-refractivity contribution >= 4 is 0 Å². The molecule has 1 rings (SSSR count). The van der Waals surface area contributed by atoms with Crippen LogP contribution in [0.1, 0.15) is 31.0 Å². The summed E-state index contributed by atoms with van der Waals surface area (Å²) in [4.78, 5) is 0. The van der Waals surface area contributed by atoms with E-state index in [2.05, 4.69) is 32.9 Å². The van der Waals surface area contributed by atoms with Crippen LogP contribution < -0.4 is 11.5 Å². The standard InChI is InChI=1S/C12H20N2/c1-8(2)11(13)12(14)10-7-5-4-6-9(10)3/h4-8,11-12H,13-14H2,1-3H3. The topological polar surface area (TPSA) is 52.0 Å². The molecule has 0 saturated heterocycles. The zero-order chi connectivity index (χ0) is 10.7. The summed E-state index contributed by atoms with van der Waals surface area (Å²) >= 11 is 0. The van der Waals surface area contributed by atoms with Gasteiger partial charge in [0, 0.05) is 12.1 Å². The lowest BCUT2D eigenvalue weighted by Gasteiger charge is -2.24. The lowest BCUT2D eigenvalue weighted by Crippen LogP contribution is -2.38. The Morgan fingerprint density at radius 2 is 1.64 bits per heavy atom. The van der Waals surface area contributed by atoms with E-state index >= 15 is 0 Å². The quantitative estimate of drug-likeness (QED) is 0.769. The summed E-state index contributed by atoms with van der Waals surface area (Å²) in [6.07, 6.45) is 0. The van der Waals surface area contributed by atoms with E-state index < -0.39 is 0 Å². The Kier molecular flexibility index (Phi) is 3.67. The van der Waals surface area contributed by atoms with Crippen molar-refractivity contribution in [3.8, 4) is 0 Å². The van der Waals surface area contributed by atoms with Gasteiger partial charge in [-0.05, 0) is 24.0 Å². The van der Waals surface area contributed by atoms with Crippen LogP contribution in [0.15, 0.2) is 24.3 Å². The van der Waals surface area contributed by atoms with Gasteiger partial charge >= 0.3 is 0 Å². The fourth-order valence-corrected chi connectivity index (χ4v) is 1.58. The van der Waals surface area contributed by atoms with Crippen LogP contribution in [0.4, 0.5) is 0 Å². The third-order valence-corrected chi connectivity index (χ3v) is 2.73. The maximum absolute atomic E-state index is 6.12. The zero-order valence-electron chi connectivity index (χ0n) is 9.20. The van der Waals surface area contributed by atoms with Crippen LogP contribution in [0.5, 0.6) is 0 Å². The average molecular weight is 192 g/mol. The fraction of sp³-hybridized carbons (Fsp3) is 0.500. The predicted octanol–water partition coefficient (Wildman–Crippen LogP) is 1.98. The Morgan fingerprint density at radius 3 is 2.14 bits per heavy atom. The molecule has 0 aromatic heterocycles. The van der Waals surface area contributed by atoms with Crippen LogP contribution in [0.3, 0.4) is 0 Å². The van der Waals surface area contributed by atoms with E-state index in [4.69, 9.17) is 11.5 Å². The smallest absolute Gasteiger partial charge is 0.0453 e. The molecule has 1 aromatic rings. The van der Waals surface area contributed by atoms with Gasteiger partial charge in [-0.15, -0.1) is 0 Å². The highest BCUT2D eigenvalue weighted by Crippen LogP contribution is 2.20. The van der Waals surface area contributed by atoms with Gasteiger partial charge in [0.25, 0.3) is 0 Å². The number of nitrogens with two attached hydrogens (primary N) is 2. The van der Waals surface area contributed by atoms with Gasteiger partial charge in [-0.1, -0.05) is 38.1 Å². The first-order chi connectivity index (χ1) is 6.54. The molecule has 0 aliphatic heterocycles. The van der Waals surface area contributed by atoms with Crippen molar-refractivity contribution in [2.24, 2.45) is 17.4 Å². The highest BCUT2D eigenvalue weighted by Gasteiger charge is 2.19. The van der Waals surface area contributed by atoms with Crippen LogP contribution >= 0.6 is 0 Å². The molecule has 0 fully saturated rings. The predicted molar refractivity (Wildman–Crippen MR) is 60.9 cm³/mol. The molecule has 2 unspecified atom stereocenters. The molecule has 14 heavy (non-hydrogen) atoms. The second-order valence-corrected chi connectivity index (χ2v) is 4.20. The minimum absolute atomic E-state index is 0.0242. The molecule has 0 aliphatic rings. The highest BCUT2D eigenvalue weighted by molar-refractivity contribution is 5.29. The maximum Gasteiger partial charge on any atom is 0.0453 e. The Labute approximate surface area is 86.3 Å². The lowest BCUT2D eigenvalue weighted by atomic mass is 9.90. The Morgan fingerprint density at radius 1 is 1.07 bits per heavy atom. The van der Waals surface area contributed by atoms with E-state index in [-0.39, 0.29) is 12.1 Å². The number of aryl methyl sites for hydroxylation is 1. The molecule has 0 spiro atoms. The SMILES string of the molecule is Cc1ccccc1C(N)C(N)C(C)C. The van der Waals surface area contributed by atoms with Crippen molar-refractivity contribution < 1.29 is 0 Å². The molecule has 0 aliphatic carbocycles. The number of rotatable bonds is 3. The zero-order valence-corrected chi connectivity index (χ0v) is 9.20. The van der Waals surface area contributed by atoms with Crippen LogP contribution in [-0.2, 0) is 0 Å². The summed E-state index contributed by atoms with van der Waals surface area (Å²) < 4.78 is 0. The van der Waals surface area contributed by atoms with Crippen molar-refractivity contribution in [3.63, 3.8) is 0 Å². The lowest BCUT2D eigenvalue weighted by molar-refractivity contribution is 0.422. The maximum atomic E-state index is 6.12. The molecule has 0 heterocycles. The van der Waals surface area contributed by atoms with Crippen LogP contribution in [0, 0.1) is 12.8 Å². The molecule has 4 N–H and O–H groups in total. The van der Waals surface area contributed by atoms with E-state index in [0.29, 0.717) is 5.92 Å². The van der Waals surface area contributed by atoms with E-state index in [9.17, 15) is 0 Å². The van der Waals surface area contributed by atoms with Crippen molar-refractivity contribution in [1.82, 2.24) is 0 Å². The van der Waals surface area contributed by atoms with Gasteiger partial charge < -0.3 is 11.5 Å². The number of hydrogen-bond donors (Lipinski definition) is 2. The summed E-state index contributed by atoms with van der Waals surface area (Å²) in [5.41, 5.74) is 14.5. The van der Waals surface area contributed by atoms with Gasteiger partial charge in [0.2, 0.25) is 0 Å². The summed E-state index contributed by atoms with van der Waals surface area (Å²) in [5, 5.41) is 0. The summed E-state index contributed by atoms with van der Waals surface area (Å²) in [7, 11) is 0. The van der Waals surface area contributed by atoms with E-state index in [1.807, 2.05) is 12.1 Å². The van der Waals surface area contributed by atoms with Gasteiger partial charge in [-0.2, -0.15) is 0 Å². The third-order valence-electron chi connectivity index (χ3n) is 2.73. The van der Waals surface area contributed by atoms with Crippen molar-refractivity contribution in [1.29, 1.82) is 0 Å². The second kappa shape index (κ2) is 4.58. The monoisotopic (exact) mass is 192 g/mol. The van der Waals surface area contributed by atoms with Gasteiger partial charge in [-0.25, -0.2) is 0 Å². The first kappa shape index (κ1) is 11.2. The van der Waals surface area contributed by atoms with Crippen LogP contribution in [0.2, 0.25) is 0 Å². The molecule has 2 atom stereocenters. The Bertz CT molecular complexity index is 294. The first-order valence-electron chi connectivity index (χ1n) is 5.10. The molecule has 0 amide bonds. The summed E-state index contributed by atoms with van der Waals surface area (Å²) in [5.74, 6) is 0.407. The minimum Gasteiger partial charge on any atom is -0.326 e. The molecular formula is C12H20N2. The second-order valence-electron chi connectivity index (χ2n) is 4.20. The Balaban J connectivity index is 2.89. The number of benzene rings is 1. The normalized spacial score (nSPS) is 15.6. The molecule has 2 nitrogen and oxygen atoms in total. The molecule has 1 aromatic carbocycles. The highest BCUT2D eigenvalue weighted by atomic mass is 14.8. The molecule has 0 saturated carbocycles. The van der Waals surface area contributed by atoms with Crippen molar-refractivity contribution in [2.45, 2.75) is 32.9 Å². The van der Waals surface area contributed by atoms with E-state index in [1.54, 1.807) is 0 Å². The van der Waals surface area contributed by atoms with E-state index in [1.165, 1.54) is 5.56 Å². The molecular weight excluding hydrogens is 172 g/mol. The molecule has 0 radical (unpaired) electrons. The largest absolute Gasteiger partial charge is 0.326 e. The van der Waals surface area contributed by atoms with Crippen LogP contribution in [0.25, 0.3) is 0 Å². The first-order valence-corrected chi connectivity index (χ1v) is 5.10. The van der Waals surface area contributed by atoms with Gasteiger partial charge in [0.1, 0.15) is 0 Å². The summed E-state index contributed by atoms with van der Waals surface area (Å²) in [6.45, 7) is 6.27. The summed E-state index contributed by atoms with van der Waals surface area (Å²) in [6, 6.07) is 8.12.